The number of aromatic amines is 1. The van der Waals surface area contributed by atoms with Gasteiger partial charge in [-0.3, -0.25) is 0 Å². The van der Waals surface area contributed by atoms with E-state index in [0.717, 1.165) is 5.69 Å². The lowest BCUT2D eigenvalue weighted by Crippen LogP contribution is -1.84. The van der Waals surface area contributed by atoms with Crippen molar-refractivity contribution in [1.29, 1.82) is 0 Å². The van der Waals surface area contributed by atoms with Crippen molar-refractivity contribution in [2.45, 2.75) is 6.16 Å². The van der Waals surface area contributed by atoms with E-state index in [1.54, 1.807) is 18.3 Å². The number of H-pyrrole nitrogens is 1. The topological polar surface area (TPSA) is 56.2 Å². The van der Waals surface area contributed by atoms with Gasteiger partial charge < -0.3 is 14.8 Å². The molecule has 1 aromatic rings. The second kappa shape index (κ2) is 2.84. The van der Waals surface area contributed by atoms with Crippen molar-refractivity contribution in [2.24, 2.45) is 0 Å². The molecule has 1 heterocycles. The molecule has 0 atom stereocenters. The van der Waals surface area contributed by atoms with Crippen LogP contribution in [0, 0.1) is 0 Å². The third kappa shape index (κ3) is 2.62. The van der Waals surface area contributed by atoms with Crippen molar-refractivity contribution >= 4 is 18.3 Å². The SMILES string of the molecule is OP(O)(=S)Cc1ccc[nH]1. The van der Waals surface area contributed by atoms with Crippen LogP contribution in [-0.4, -0.2) is 14.8 Å². The van der Waals surface area contributed by atoms with Gasteiger partial charge in [-0.15, -0.1) is 0 Å². The standard InChI is InChI=1S/C5H8NO2PS/c7-9(8,10)4-5-2-1-3-6-5/h1-3,6H,4H2,(H2,7,8,10). The van der Waals surface area contributed by atoms with Crippen LogP contribution in [0.3, 0.4) is 0 Å². The van der Waals surface area contributed by atoms with E-state index in [0.29, 0.717) is 0 Å². The smallest absolute Gasteiger partial charge is 0.189 e. The number of nitrogens with one attached hydrogen (secondary N) is 1. The van der Waals surface area contributed by atoms with E-state index in [4.69, 9.17) is 9.79 Å². The molecule has 0 fully saturated rings. The van der Waals surface area contributed by atoms with Crippen molar-refractivity contribution < 1.29 is 9.79 Å². The zero-order valence-corrected chi connectivity index (χ0v) is 6.90. The van der Waals surface area contributed by atoms with E-state index in [1.807, 2.05) is 0 Å². The fraction of sp³-hybridized carbons (Fsp3) is 0.200. The molecule has 0 unspecified atom stereocenters. The summed E-state index contributed by atoms with van der Waals surface area (Å²) in [6, 6.07) is 3.56. The Morgan fingerprint density at radius 1 is 1.60 bits per heavy atom. The van der Waals surface area contributed by atoms with Gasteiger partial charge >= 0.3 is 0 Å². The van der Waals surface area contributed by atoms with Crippen LogP contribution < -0.4 is 0 Å². The maximum absolute atomic E-state index is 8.85. The molecule has 56 valence electrons. The third-order valence-electron chi connectivity index (χ3n) is 1.04. The first-order chi connectivity index (χ1) is 4.58. The quantitative estimate of drug-likeness (QED) is 0.586. The summed E-state index contributed by atoms with van der Waals surface area (Å²) in [7, 11) is 0. The molecule has 0 radical (unpaired) electrons. The predicted octanol–water partition coefficient (Wildman–Crippen LogP) is 0.809. The number of rotatable bonds is 2. The summed E-state index contributed by atoms with van der Waals surface area (Å²) in [5.74, 6) is 0. The molecule has 0 saturated heterocycles. The van der Waals surface area contributed by atoms with E-state index in [-0.39, 0.29) is 6.16 Å². The first-order valence-corrected chi connectivity index (χ1v) is 5.64. The summed E-state index contributed by atoms with van der Waals surface area (Å²) < 4.78 is 0. The Morgan fingerprint density at radius 2 is 2.30 bits per heavy atom. The van der Waals surface area contributed by atoms with Gasteiger partial charge in [0.1, 0.15) is 0 Å². The molecular weight excluding hydrogens is 169 g/mol. The minimum atomic E-state index is -3.05. The van der Waals surface area contributed by atoms with Crippen LogP contribution in [0.1, 0.15) is 5.69 Å². The molecule has 0 aliphatic rings. The van der Waals surface area contributed by atoms with Gasteiger partial charge in [0.05, 0.1) is 6.16 Å². The molecule has 1 rings (SSSR count). The van der Waals surface area contributed by atoms with Crippen LogP contribution in [-0.2, 0) is 18.0 Å². The second-order valence-electron chi connectivity index (χ2n) is 2.02. The van der Waals surface area contributed by atoms with Crippen LogP contribution in [0.15, 0.2) is 18.3 Å². The molecule has 0 spiro atoms. The minimum Gasteiger partial charge on any atom is -0.365 e. The van der Waals surface area contributed by atoms with E-state index in [9.17, 15) is 0 Å². The Bertz CT molecular complexity index is 240. The molecular formula is C5H8NO2PS. The predicted molar refractivity (Wildman–Crippen MR) is 43.2 cm³/mol. The fourth-order valence-corrected chi connectivity index (χ4v) is 1.75. The van der Waals surface area contributed by atoms with Crippen LogP contribution in [0.25, 0.3) is 0 Å². The zero-order chi connectivity index (χ0) is 7.61. The van der Waals surface area contributed by atoms with Gasteiger partial charge in [-0.2, -0.15) is 0 Å². The van der Waals surface area contributed by atoms with Gasteiger partial charge in [0.2, 0.25) is 0 Å². The van der Waals surface area contributed by atoms with Crippen molar-refractivity contribution in [3.05, 3.63) is 24.0 Å². The molecule has 5 heteroatoms. The molecule has 1 aromatic heterocycles. The summed E-state index contributed by atoms with van der Waals surface area (Å²) >= 11 is 4.44. The lowest BCUT2D eigenvalue weighted by atomic mass is 10.5. The van der Waals surface area contributed by atoms with Crippen molar-refractivity contribution in [3.63, 3.8) is 0 Å². The zero-order valence-electron chi connectivity index (χ0n) is 5.19. The highest BCUT2D eigenvalue weighted by Crippen LogP contribution is 2.38. The Morgan fingerprint density at radius 3 is 2.70 bits per heavy atom. The summed E-state index contributed by atoms with van der Waals surface area (Å²) in [4.78, 5) is 20.5. The number of hydrogen-bond acceptors (Lipinski definition) is 1. The Balaban J connectivity index is 2.66. The van der Waals surface area contributed by atoms with Gasteiger partial charge in [-0.05, 0) is 23.9 Å². The highest BCUT2D eigenvalue weighted by atomic mass is 32.5. The Kier molecular flexibility index (Phi) is 2.26. The maximum Gasteiger partial charge on any atom is 0.189 e. The van der Waals surface area contributed by atoms with E-state index in [2.05, 4.69) is 16.8 Å². The summed E-state index contributed by atoms with van der Waals surface area (Å²) in [5.41, 5.74) is 0.772. The molecule has 3 nitrogen and oxygen atoms in total. The molecule has 3 N–H and O–H groups in total. The second-order valence-corrected chi connectivity index (χ2v) is 5.42. The molecule has 0 aliphatic carbocycles. The Hall–Kier alpha value is -0.150. The average molecular weight is 177 g/mol. The average Bonchev–Trinajstić information content (AvgIpc) is 2.12. The lowest BCUT2D eigenvalue weighted by Gasteiger charge is -2.03. The third-order valence-corrected chi connectivity index (χ3v) is 2.18. The van der Waals surface area contributed by atoms with Crippen LogP contribution in [0.2, 0.25) is 0 Å². The van der Waals surface area contributed by atoms with Gasteiger partial charge in [-0.25, -0.2) is 0 Å². The molecule has 10 heavy (non-hydrogen) atoms. The van der Waals surface area contributed by atoms with Crippen LogP contribution in [0.4, 0.5) is 0 Å². The lowest BCUT2D eigenvalue weighted by molar-refractivity contribution is 0.477. The molecule has 0 bridgehead atoms. The summed E-state index contributed by atoms with van der Waals surface area (Å²) in [6.45, 7) is -3.05. The minimum absolute atomic E-state index is 0.162. The number of aromatic nitrogens is 1. The van der Waals surface area contributed by atoms with Crippen LogP contribution in [0.5, 0.6) is 0 Å². The van der Waals surface area contributed by atoms with E-state index in [1.165, 1.54) is 0 Å². The van der Waals surface area contributed by atoms with E-state index >= 15 is 0 Å². The monoisotopic (exact) mass is 177 g/mol. The van der Waals surface area contributed by atoms with Gasteiger partial charge in [0.15, 0.2) is 6.49 Å². The molecule has 0 aromatic carbocycles. The first kappa shape index (κ1) is 7.95. The summed E-state index contributed by atoms with van der Waals surface area (Å²) in [6.07, 6.45) is 1.88. The Labute approximate surface area is 63.9 Å². The van der Waals surface area contributed by atoms with Gasteiger partial charge in [0.25, 0.3) is 0 Å². The van der Waals surface area contributed by atoms with Gasteiger partial charge in [0, 0.05) is 11.9 Å². The number of hydrogen-bond donors (Lipinski definition) is 3. The molecule has 0 saturated carbocycles. The normalized spacial score (nSPS) is 11.8. The van der Waals surface area contributed by atoms with Crippen molar-refractivity contribution in [3.8, 4) is 0 Å². The van der Waals surface area contributed by atoms with Crippen molar-refractivity contribution in [2.75, 3.05) is 0 Å². The highest BCUT2D eigenvalue weighted by Gasteiger charge is 2.07. The fourth-order valence-electron chi connectivity index (χ4n) is 0.688. The largest absolute Gasteiger partial charge is 0.365 e. The van der Waals surface area contributed by atoms with Crippen molar-refractivity contribution in [1.82, 2.24) is 4.98 Å². The summed E-state index contributed by atoms with van der Waals surface area (Å²) in [5, 5.41) is 0. The van der Waals surface area contributed by atoms with E-state index < -0.39 is 6.49 Å². The van der Waals surface area contributed by atoms with Gasteiger partial charge in [-0.1, -0.05) is 0 Å². The maximum atomic E-state index is 8.85. The first-order valence-electron chi connectivity index (χ1n) is 2.75. The molecule has 0 amide bonds. The highest BCUT2D eigenvalue weighted by molar-refractivity contribution is 8.08. The molecule has 0 aliphatic heterocycles. The van der Waals surface area contributed by atoms with Crippen LogP contribution >= 0.6 is 6.49 Å².